The van der Waals surface area contributed by atoms with Gasteiger partial charge in [0, 0.05) is 43.3 Å². The maximum atomic E-state index is 12.5. The lowest BCUT2D eigenvalue weighted by molar-refractivity contribution is -0.134. The van der Waals surface area contributed by atoms with E-state index in [1.807, 2.05) is 6.07 Å². The third-order valence-electron chi connectivity index (χ3n) is 3.82. The Morgan fingerprint density at radius 1 is 1.29 bits per heavy atom. The zero-order chi connectivity index (χ0) is 15.6. The summed E-state index contributed by atoms with van der Waals surface area (Å²) in [5.41, 5.74) is 6.88. The fourth-order valence-electron chi connectivity index (χ4n) is 2.58. The van der Waals surface area contributed by atoms with E-state index in [4.69, 9.17) is 5.73 Å². The number of hydrogen-bond acceptors (Lipinski definition) is 3. The van der Waals surface area contributed by atoms with Gasteiger partial charge in [0.2, 0.25) is 5.91 Å². The molecular formula is C15H20BrN3O2. The fourth-order valence-corrected chi connectivity index (χ4v) is 2.94. The fraction of sp³-hybridized carbons (Fsp3) is 0.467. The number of benzene rings is 1. The molecule has 21 heavy (non-hydrogen) atoms. The Morgan fingerprint density at radius 2 is 1.90 bits per heavy atom. The third kappa shape index (κ3) is 3.56. The molecule has 2 amide bonds. The van der Waals surface area contributed by atoms with Crippen molar-refractivity contribution in [3.8, 4) is 0 Å². The van der Waals surface area contributed by atoms with Gasteiger partial charge in [-0.05, 0) is 31.0 Å². The zero-order valence-electron chi connectivity index (χ0n) is 12.3. The van der Waals surface area contributed by atoms with Gasteiger partial charge in [0.15, 0.2) is 0 Å². The largest absolute Gasteiger partial charge is 0.398 e. The molecule has 1 aromatic carbocycles. The summed E-state index contributed by atoms with van der Waals surface area (Å²) in [4.78, 5) is 27.8. The van der Waals surface area contributed by atoms with Crippen molar-refractivity contribution in [2.75, 3.05) is 32.9 Å². The molecule has 0 saturated carbocycles. The summed E-state index contributed by atoms with van der Waals surface area (Å²) in [5, 5.41) is 0. The number of piperidine rings is 1. The summed E-state index contributed by atoms with van der Waals surface area (Å²) in [6.45, 7) is 1.18. The molecule has 1 fully saturated rings. The lowest BCUT2D eigenvalue weighted by Gasteiger charge is -2.32. The van der Waals surface area contributed by atoms with Crippen molar-refractivity contribution < 1.29 is 9.59 Å². The second-order valence-corrected chi connectivity index (χ2v) is 6.45. The Labute approximate surface area is 133 Å². The average Bonchev–Trinajstić information content (AvgIpc) is 2.48. The summed E-state index contributed by atoms with van der Waals surface area (Å²) in [5.74, 6) is 0.0949. The number of hydrogen-bond donors (Lipinski definition) is 1. The third-order valence-corrected chi connectivity index (χ3v) is 4.31. The lowest BCUT2D eigenvalue weighted by Crippen LogP contribution is -2.42. The van der Waals surface area contributed by atoms with Crippen LogP contribution in [0, 0.1) is 5.92 Å². The van der Waals surface area contributed by atoms with Crippen LogP contribution in [0.2, 0.25) is 0 Å². The highest BCUT2D eigenvalue weighted by Crippen LogP contribution is 2.24. The molecule has 6 heteroatoms. The van der Waals surface area contributed by atoms with Crippen LogP contribution in [-0.4, -0.2) is 48.8 Å². The van der Waals surface area contributed by atoms with Crippen LogP contribution < -0.4 is 5.73 Å². The summed E-state index contributed by atoms with van der Waals surface area (Å²) in [7, 11) is 3.53. The molecule has 0 unspecified atom stereocenters. The van der Waals surface area contributed by atoms with E-state index in [2.05, 4.69) is 15.9 Å². The number of rotatable bonds is 2. The number of likely N-dealkylation sites (tertiary alicyclic amines) is 1. The SMILES string of the molecule is CN(C)C(=O)C1CCN(C(=O)c2cc(Br)ccc2N)CC1. The number of carbonyl (C=O) groups is 2. The van der Waals surface area contributed by atoms with Crippen molar-refractivity contribution in [2.24, 2.45) is 5.92 Å². The maximum Gasteiger partial charge on any atom is 0.255 e. The molecule has 0 aromatic heterocycles. The highest BCUT2D eigenvalue weighted by molar-refractivity contribution is 9.10. The molecule has 5 nitrogen and oxygen atoms in total. The Hall–Kier alpha value is -1.56. The number of anilines is 1. The first kappa shape index (κ1) is 15.8. The van der Waals surface area contributed by atoms with E-state index in [0.717, 1.165) is 4.47 Å². The van der Waals surface area contributed by atoms with Crippen molar-refractivity contribution in [1.29, 1.82) is 0 Å². The molecule has 1 aliphatic heterocycles. The quantitative estimate of drug-likeness (QED) is 0.826. The van der Waals surface area contributed by atoms with Gasteiger partial charge in [-0.1, -0.05) is 15.9 Å². The highest BCUT2D eigenvalue weighted by Gasteiger charge is 2.29. The van der Waals surface area contributed by atoms with Crippen LogP contribution in [0.1, 0.15) is 23.2 Å². The maximum absolute atomic E-state index is 12.5. The van der Waals surface area contributed by atoms with E-state index >= 15 is 0 Å². The normalized spacial score (nSPS) is 15.9. The van der Waals surface area contributed by atoms with E-state index in [1.54, 1.807) is 36.0 Å². The molecule has 1 saturated heterocycles. The Bertz CT molecular complexity index is 552. The van der Waals surface area contributed by atoms with Gasteiger partial charge in [0.05, 0.1) is 5.56 Å². The second-order valence-electron chi connectivity index (χ2n) is 5.53. The van der Waals surface area contributed by atoms with Crippen molar-refractivity contribution in [1.82, 2.24) is 9.80 Å². The molecule has 2 rings (SSSR count). The molecular weight excluding hydrogens is 334 g/mol. The van der Waals surface area contributed by atoms with Gasteiger partial charge in [-0.25, -0.2) is 0 Å². The zero-order valence-corrected chi connectivity index (χ0v) is 13.9. The molecule has 1 heterocycles. The van der Waals surface area contributed by atoms with Crippen LogP contribution in [0.3, 0.4) is 0 Å². The number of nitrogens with two attached hydrogens (primary N) is 1. The molecule has 1 aliphatic rings. The van der Waals surface area contributed by atoms with Gasteiger partial charge in [-0.15, -0.1) is 0 Å². The molecule has 0 aliphatic carbocycles. The summed E-state index contributed by atoms with van der Waals surface area (Å²) < 4.78 is 0.831. The van der Waals surface area contributed by atoms with Gasteiger partial charge < -0.3 is 15.5 Å². The van der Waals surface area contributed by atoms with Gasteiger partial charge in [-0.2, -0.15) is 0 Å². The standard InChI is InChI=1S/C15H20BrN3O2/c1-18(2)14(20)10-5-7-19(8-6-10)15(21)12-9-11(16)3-4-13(12)17/h3-4,9-10H,5-8,17H2,1-2H3. The molecule has 0 radical (unpaired) electrons. The minimum atomic E-state index is -0.0652. The highest BCUT2D eigenvalue weighted by atomic mass is 79.9. The first-order valence-corrected chi connectivity index (χ1v) is 7.75. The topological polar surface area (TPSA) is 66.6 Å². The van der Waals surface area contributed by atoms with Crippen molar-refractivity contribution in [3.05, 3.63) is 28.2 Å². The van der Waals surface area contributed by atoms with E-state index in [9.17, 15) is 9.59 Å². The minimum absolute atomic E-state index is 0.0175. The first-order valence-electron chi connectivity index (χ1n) is 6.95. The lowest BCUT2D eigenvalue weighted by atomic mass is 9.95. The predicted octanol–water partition coefficient (Wildman–Crippen LogP) is 1.97. The Balaban J connectivity index is 2.03. The summed E-state index contributed by atoms with van der Waals surface area (Å²) in [6.07, 6.45) is 1.41. The number of nitrogen functional groups attached to an aromatic ring is 1. The first-order chi connectivity index (χ1) is 9.90. The molecule has 0 bridgehead atoms. The van der Waals surface area contributed by atoms with Crippen LogP contribution in [0.15, 0.2) is 22.7 Å². The number of nitrogens with zero attached hydrogens (tertiary/aromatic N) is 2. The smallest absolute Gasteiger partial charge is 0.255 e. The van der Waals surface area contributed by atoms with Crippen molar-refractivity contribution in [2.45, 2.75) is 12.8 Å². The van der Waals surface area contributed by atoms with Crippen LogP contribution in [-0.2, 0) is 4.79 Å². The van der Waals surface area contributed by atoms with E-state index in [0.29, 0.717) is 37.2 Å². The van der Waals surface area contributed by atoms with Crippen molar-refractivity contribution in [3.63, 3.8) is 0 Å². The average molecular weight is 354 g/mol. The molecule has 1 aromatic rings. The molecule has 0 atom stereocenters. The molecule has 114 valence electrons. The Morgan fingerprint density at radius 3 is 2.48 bits per heavy atom. The second kappa shape index (κ2) is 6.47. The van der Waals surface area contributed by atoms with Crippen LogP contribution in [0.5, 0.6) is 0 Å². The summed E-state index contributed by atoms with van der Waals surface area (Å²) >= 11 is 3.36. The number of amides is 2. The van der Waals surface area contributed by atoms with Crippen molar-refractivity contribution >= 4 is 33.4 Å². The molecule has 2 N–H and O–H groups in total. The summed E-state index contributed by atoms with van der Waals surface area (Å²) in [6, 6.07) is 5.28. The predicted molar refractivity (Wildman–Crippen MR) is 85.9 cm³/mol. The van der Waals surface area contributed by atoms with Gasteiger partial charge in [0.25, 0.3) is 5.91 Å². The van der Waals surface area contributed by atoms with Crippen LogP contribution in [0.4, 0.5) is 5.69 Å². The van der Waals surface area contributed by atoms with Gasteiger partial charge in [0.1, 0.15) is 0 Å². The van der Waals surface area contributed by atoms with E-state index in [-0.39, 0.29) is 17.7 Å². The van der Waals surface area contributed by atoms with E-state index < -0.39 is 0 Å². The van der Waals surface area contributed by atoms with E-state index in [1.165, 1.54) is 0 Å². The Kier molecular flexibility index (Phi) is 4.88. The number of halogens is 1. The van der Waals surface area contributed by atoms with Crippen LogP contribution >= 0.6 is 15.9 Å². The van der Waals surface area contributed by atoms with Crippen LogP contribution in [0.25, 0.3) is 0 Å². The van der Waals surface area contributed by atoms with Gasteiger partial charge >= 0.3 is 0 Å². The van der Waals surface area contributed by atoms with Gasteiger partial charge in [-0.3, -0.25) is 9.59 Å². The molecule has 0 spiro atoms. The minimum Gasteiger partial charge on any atom is -0.398 e. The number of carbonyl (C=O) groups excluding carboxylic acids is 2. The monoisotopic (exact) mass is 353 g/mol.